The molecule has 8 heteroatoms. The Bertz CT molecular complexity index is 141. The fraction of sp³-hybridized carbons (Fsp3) is 1.00. The number of hydrogen-bond acceptors (Lipinski definition) is 0. The monoisotopic (exact) mass is 500 g/mol. The number of hydrogen-bond donors (Lipinski definition) is 0. The molecule has 0 atom stereocenters. The minimum Gasteiger partial charge on any atom is -0.269 e. The maximum Gasteiger partial charge on any atom is 0.0594 e. The first kappa shape index (κ1) is 49.8. The molecule has 0 N–H and O–H groups in total. The normalized spacial score (nSPS) is 8.50. The molecule has 0 bridgehead atoms. The maximum absolute atomic E-state index is 2.36. The zero-order valence-corrected chi connectivity index (χ0v) is 19.3. The molecular weight excluding hydrogens is 459 g/mol. The molecule has 3 radical (unpaired) electrons. The van der Waals surface area contributed by atoms with Crippen LogP contribution < -0.4 is 0 Å². The van der Waals surface area contributed by atoms with Gasteiger partial charge in [0.05, 0.1) is 24.6 Å². The van der Waals surface area contributed by atoms with Crippen molar-refractivity contribution in [3.8, 4) is 0 Å². The Morgan fingerprint density at radius 2 is 0.583 bits per heavy atom. The molecule has 0 aliphatic heterocycles. The summed E-state index contributed by atoms with van der Waals surface area (Å²) in [6.07, 6.45) is 17.9. The van der Waals surface area contributed by atoms with Gasteiger partial charge in [-0.25, -0.2) is 0 Å². The first-order valence-corrected chi connectivity index (χ1v) is 10.6. The van der Waals surface area contributed by atoms with E-state index in [1.54, 1.807) is 24.6 Å². The summed E-state index contributed by atoms with van der Waals surface area (Å²) < 4.78 is 0. The summed E-state index contributed by atoms with van der Waals surface area (Å²) in [4.78, 5) is 0. The van der Waals surface area contributed by atoms with Gasteiger partial charge < -0.3 is 0 Å². The molecule has 0 spiro atoms. The van der Waals surface area contributed by atoms with Crippen LogP contribution in [0.1, 0.15) is 79.1 Å². The Labute approximate surface area is 163 Å². The third-order valence-electron chi connectivity index (χ3n) is 3.94. The van der Waals surface area contributed by atoms with Crippen LogP contribution >= 0.6 is 7.26 Å². The summed E-state index contributed by atoms with van der Waals surface area (Å²) in [5, 5.41) is 0. The van der Waals surface area contributed by atoms with E-state index in [1.807, 2.05) is 0 Å². The molecule has 0 saturated heterocycles. The van der Waals surface area contributed by atoms with Crippen molar-refractivity contribution in [1.82, 2.24) is 0 Å². The Hall–Kier alpha value is 0.828. The third kappa shape index (κ3) is 25.1. The van der Waals surface area contributed by atoms with Crippen molar-refractivity contribution in [2.45, 2.75) is 79.1 Å². The number of rotatable bonds is 12. The average Bonchev–Trinajstić information content (AvgIpc) is 2.37. The van der Waals surface area contributed by atoms with E-state index >= 15 is 0 Å². The maximum atomic E-state index is 2.36. The predicted molar refractivity (Wildman–Crippen MR) is 107 cm³/mol. The van der Waals surface area contributed by atoms with Crippen LogP contribution in [0.5, 0.6) is 0 Å². The molecule has 0 aromatic rings. The molecule has 24 heavy (non-hydrogen) atoms. The van der Waals surface area contributed by atoms with Crippen molar-refractivity contribution in [3.05, 3.63) is 0 Å². The zero-order chi connectivity index (χ0) is 13.0. The first-order chi connectivity index (χ1) is 8.24. The Morgan fingerprint density at radius 3 is 0.708 bits per heavy atom. The van der Waals surface area contributed by atoms with E-state index in [0.717, 1.165) is 0 Å². The molecule has 0 rings (SSSR count). The van der Waals surface area contributed by atoms with Gasteiger partial charge in [-0.05, 0) is 25.7 Å². The van der Waals surface area contributed by atoms with Gasteiger partial charge in [0.1, 0.15) is 0 Å². The second-order valence-electron chi connectivity index (χ2n) is 5.65. The van der Waals surface area contributed by atoms with Crippen molar-refractivity contribution in [2.24, 2.45) is 0 Å². The summed E-state index contributed by atoms with van der Waals surface area (Å²) >= 11 is 0. The third-order valence-corrected chi connectivity index (χ3v) is 9.00. The molecule has 0 saturated carbocycles. The number of halogens is 6. The van der Waals surface area contributed by atoms with Crippen LogP contribution in [0.4, 0.5) is 28.2 Å². The Morgan fingerprint density at radius 1 is 0.417 bits per heavy atom. The van der Waals surface area contributed by atoms with Crippen molar-refractivity contribution in [3.63, 3.8) is 0 Å². The van der Waals surface area contributed by atoms with E-state index in [-0.39, 0.29) is 52.7 Å². The molecule has 0 aromatic carbocycles. The van der Waals surface area contributed by atoms with E-state index in [1.165, 1.54) is 51.4 Å². The van der Waals surface area contributed by atoms with Gasteiger partial charge in [-0.15, -0.1) is 0 Å². The SMILES string of the molecule is CCCC[P+](CCCC)(CCCC)CCCC.F.F.F.F.F.F.[Sb]. The van der Waals surface area contributed by atoms with Crippen molar-refractivity contribution in [2.75, 3.05) is 24.6 Å². The molecule has 0 nitrogen and oxygen atoms in total. The van der Waals surface area contributed by atoms with Gasteiger partial charge in [0.2, 0.25) is 0 Å². The minimum atomic E-state index is -0.562. The summed E-state index contributed by atoms with van der Waals surface area (Å²) in [5.74, 6) is 0. The topological polar surface area (TPSA) is 0 Å². The quantitative estimate of drug-likeness (QED) is 0.158. The molecule has 157 valence electrons. The van der Waals surface area contributed by atoms with E-state index in [2.05, 4.69) is 27.7 Å². The van der Waals surface area contributed by atoms with Gasteiger partial charge in [0.15, 0.2) is 0 Å². The second-order valence-corrected chi connectivity index (χ2v) is 10.1. The van der Waals surface area contributed by atoms with E-state index in [9.17, 15) is 0 Å². The molecule has 0 aliphatic rings. The van der Waals surface area contributed by atoms with Crippen LogP contribution in [-0.2, 0) is 0 Å². The first-order valence-electron chi connectivity index (χ1n) is 8.09. The van der Waals surface area contributed by atoms with Crippen molar-refractivity contribution in [1.29, 1.82) is 0 Å². The molecule has 0 unspecified atom stereocenters. The smallest absolute Gasteiger partial charge is 0.0594 e. The van der Waals surface area contributed by atoms with Gasteiger partial charge in [0.25, 0.3) is 0 Å². The van der Waals surface area contributed by atoms with E-state index < -0.39 is 7.26 Å². The van der Waals surface area contributed by atoms with Gasteiger partial charge in [-0.3, -0.25) is 28.2 Å². The van der Waals surface area contributed by atoms with Crippen LogP contribution in [0.25, 0.3) is 0 Å². The van der Waals surface area contributed by atoms with Gasteiger partial charge in [0, 0.05) is 31.7 Å². The van der Waals surface area contributed by atoms with E-state index in [4.69, 9.17) is 0 Å². The summed E-state index contributed by atoms with van der Waals surface area (Å²) in [6.45, 7) is 9.42. The molecule has 0 aliphatic carbocycles. The average molecular weight is 501 g/mol. The Balaban J connectivity index is -0.0000000610. The standard InChI is InChI=1S/C16H36P.6FH.Sb/c1-5-9-13-17(14-10-6-2,15-11-7-3)16-12-8-4;;;;;;;/h5-16H2,1-4H3;6*1H;/q+1;;;;;;;. The fourth-order valence-corrected chi connectivity index (χ4v) is 7.93. The molecule has 0 heterocycles. The fourth-order valence-electron chi connectivity index (χ4n) is 2.64. The molecule has 0 amide bonds. The summed E-state index contributed by atoms with van der Waals surface area (Å²) in [7, 11) is -0.562. The Kier molecular flexibility index (Phi) is 72.7. The summed E-state index contributed by atoms with van der Waals surface area (Å²) in [5.41, 5.74) is 0. The minimum absolute atomic E-state index is 0. The van der Waals surface area contributed by atoms with Gasteiger partial charge in [-0.1, -0.05) is 53.4 Å². The van der Waals surface area contributed by atoms with Crippen LogP contribution in [0, 0.1) is 0 Å². The van der Waals surface area contributed by atoms with Gasteiger partial charge >= 0.3 is 0 Å². The molecular formula is C16H42F6PSb+. The zero-order valence-electron chi connectivity index (χ0n) is 15.8. The van der Waals surface area contributed by atoms with Crippen molar-refractivity contribution < 1.29 is 28.2 Å². The number of unbranched alkanes of at least 4 members (excludes halogenated alkanes) is 4. The van der Waals surface area contributed by atoms with Crippen molar-refractivity contribution >= 4 is 31.7 Å². The molecule has 0 fully saturated rings. The van der Waals surface area contributed by atoms with Crippen LogP contribution in [-0.4, -0.2) is 49.1 Å². The molecule has 0 aromatic heterocycles. The predicted octanol–water partition coefficient (Wildman–Crippen LogP) is 6.74. The second kappa shape index (κ2) is 35.0. The largest absolute Gasteiger partial charge is 0.269 e. The van der Waals surface area contributed by atoms with Gasteiger partial charge in [-0.2, -0.15) is 0 Å². The van der Waals surface area contributed by atoms with Crippen LogP contribution in [0.3, 0.4) is 0 Å². The van der Waals surface area contributed by atoms with Crippen LogP contribution in [0.2, 0.25) is 0 Å². The summed E-state index contributed by atoms with van der Waals surface area (Å²) in [6, 6.07) is 0. The van der Waals surface area contributed by atoms with E-state index in [0.29, 0.717) is 0 Å². The van der Waals surface area contributed by atoms with Crippen LogP contribution in [0.15, 0.2) is 0 Å².